The van der Waals surface area contributed by atoms with Crippen LogP contribution in [0.2, 0.25) is 0 Å². The van der Waals surface area contributed by atoms with E-state index < -0.39 is 0 Å². The Morgan fingerprint density at radius 3 is 2.82 bits per heavy atom. The molecule has 0 aromatic heterocycles. The molecular weight excluding hydrogens is 278 g/mol. The molecule has 5 heteroatoms. The number of hydrogen-bond acceptors (Lipinski definition) is 5. The van der Waals surface area contributed by atoms with Crippen molar-refractivity contribution in [2.45, 2.75) is 20.5 Å². The van der Waals surface area contributed by atoms with Crippen LogP contribution in [0.1, 0.15) is 23.6 Å². The van der Waals surface area contributed by atoms with Crippen LogP contribution >= 0.6 is 0 Å². The van der Waals surface area contributed by atoms with Crippen molar-refractivity contribution in [3.63, 3.8) is 0 Å². The maximum absolute atomic E-state index is 9.54. The van der Waals surface area contributed by atoms with Gasteiger partial charge < -0.3 is 9.94 Å². The van der Waals surface area contributed by atoms with E-state index in [2.05, 4.69) is 15.1 Å². The van der Waals surface area contributed by atoms with Crippen LogP contribution < -0.4 is 10.7 Å². The van der Waals surface area contributed by atoms with Gasteiger partial charge in [0.25, 0.3) is 0 Å². The first-order valence-corrected chi connectivity index (χ1v) is 7.08. The minimum absolute atomic E-state index is 0.282. The molecule has 1 heterocycles. The maximum Gasteiger partial charge on any atom is 0.142 e. The Balaban J connectivity index is 1.69. The van der Waals surface area contributed by atoms with Crippen molar-refractivity contribution in [2.75, 3.05) is 6.67 Å². The van der Waals surface area contributed by atoms with Gasteiger partial charge in [-0.1, -0.05) is 11.2 Å². The van der Waals surface area contributed by atoms with Gasteiger partial charge in [0.05, 0.1) is 16.4 Å². The van der Waals surface area contributed by atoms with E-state index in [4.69, 9.17) is 4.84 Å². The molecule has 2 aromatic carbocycles. The van der Waals surface area contributed by atoms with Crippen LogP contribution in [0.5, 0.6) is 5.75 Å². The van der Waals surface area contributed by atoms with Crippen LogP contribution in [0.4, 0.5) is 0 Å². The average molecular weight is 295 g/mol. The summed E-state index contributed by atoms with van der Waals surface area (Å²) in [7, 11) is 0. The van der Waals surface area contributed by atoms with Crippen molar-refractivity contribution in [3.05, 3.63) is 63.8 Å². The van der Waals surface area contributed by atoms with E-state index in [1.54, 1.807) is 6.07 Å². The summed E-state index contributed by atoms with van der Waals surface area (Å²) in [4.78, 5) is 14.0. The van der Waals surface area contributed by atoms with Crippen molar-refractivity contribution >= 4 is 5.71 Å². The number of oxime groups is 1. The van der Waals surface area contributed by atoms with Crippen LogP contribution in [-0.2, 0) is 11.4 Å². The smallest absolute Gasteiger partial charge is 0.142 e. The fourth-order valence-corrected chi connectivity index (χ4v) is 2.24. The Morgan fingerprint density at radius 1 is 1.18 bits per heavy atom. The van der Waals surface area contributed by atoms with Crippen molar-refractivity contribution < 1.29 is 9.94 Å². The van der Waals surface area contributed by atoms with E-state index in [0.29, 0.717) is 13.3 Å². The Hall–Kier alpha value is -2.69. The molecule has 0 aliphatic carbocycles. The Bertz CT molecular complexity index is 857. The SMILES string of the molecule is C/C(=N\OCc1ccc2c(c1)=NCN=2)c1ccc(O)c(C)c1. The van der Waals surface area contributed by atoms with Crippen LogP contribution in [-0.4, -0.2) is 17.5 Å². The molecule has 0 unspecified atom stereocenters. The number of nitrogens with zero attached hydrogens (tertiary/aromatic N) is 3. The predicted molar refractivity (Wildman–Crippen MR) is 83.5 cm³/mol. The quantitative estimate of drug-likeness (QED) is 0.691. The van der Waals surface area contributed by atoms with Gasteiger partial charge in [0.1, 0.15) is 19.0 Å². The summed E-state index contributed by atoms with van der Waals surface area (Å²) in [5.74, 6) is 0.282. The van der Waals surface area contributed by atoms with Gasteiger partial charge in [0, 0.05) is 0 Å². The molecule has 1 aliphatic rings. The lowest BCUT2D eigenvalue weighted by Crippen LogP contribution is -2.21. The number of aryl methyl sites for hydroxylation is 1. The Labute approximate surface area is 128 Å². The van der Waals surface area contributed by atoms with Crippen molar-refractivity contribution in [1.29, 1.82) is 0 Å². The largest absolute Gasteiger partial charge is 0.508 e. The maximum atomic E-state index is 9.54. The summed E-state index contributed by atoms with van der Waals surface area (Å²) >= 11 is 0. The first kappa shape index (κ1) is 14.3. The molecule has 1 N–H and O–H groups in total. The van der Waals surface area contributed by atoms with Crippen molar-refractivity contribution in [3.8, 4) is 5.75 Å². The summed E-state index contributed by atoms with van der Waals surface area (Å²) in [6.45, 7) is 4.63. The molecule has 2 aromatic rings. The van der Waals surface area contributed by atoms with Gasteiger partial charge in [-0.05, 0) is 60.9 Å². The van der Waals surface area contributed by atoms with Crippen molar-refractivity contribution in [2.24, 2.45) is 15.1 Å². The molecule has 3 rings (SSSR count). The number of phenolic OH excluding ortho intramolecular Hbond substituents is 1. The van der Waals surface area contributed by atoms with Gasteiger partial charge in [0.15, 0.2) is 0 Å². The highest BCUT2D eigenvalue weighted by Crippen LogP contribution is 2.17. The second-order valence-corrected chi connectivity index (χ2v) is 5.23. The highest BCUT2D eigenvalue weighted by Gasteiger charge is 2.03. The van der Waals surface area contributed by atoms with E-state index in [1.807, 2.05) is 44.2 Å². The van der Waals surface area contributed by atoms with E-state index in [9.17, 15) is 5.11 Å². The summed E-state index contributed by atoms with van der Waals surface area (Å²) in [5, 5.41) is 15.5. The molecule has 0 radical (unpaired) electrons. The first-order valence-electron chi connectivity index (χ1n) is 7.08. The molecule has 0 bridgehead atoms. The fraction of sp³-hybridized carbons (Fsp3) is 0.235. The van der Waals surface area contributed by atoms with Gasteiger partial charge in [0.2, 0.25) is 0 Å². The monoisotopic (exact) mass is 295 g/mol. The Morgan fingerprint density at radius 2 is 2.00 bits per heavy atom. The third-order valence-electron chi connectivity index (χ3n) is 3.57. The highest BCUT2D eigenvalue weighted by atomic mass is 16.6. The van der Waals surface area contributed by atoms with Gasteiger partial charge in [-0.3, -0.25) is 9.98 Å². The van der Waals surface area contributed by atoms with E-state index in [-0.39, 0.29) is 5.75 Å². The molecule has 5 nitrogen and oxygen atoms in total. The number of rotatable bonds is 4. The standard InChI is InChI=1S/C17H17N3O2/c1-11-7-14(4-6-17(11)21)12(2)20-22-9-13-3-5-15-16(8-13)19-10-18-15/h3-8,21H,9-10H2,1-2H3/b20-12+. The number of phenols is 1. The van der Waals surface area contributed by atoms with Crippen LogP contribution in [0.3, 0.4) is 0 Å². The highest BCUT2D eigenvalue weighted by molar-refractivity contribution is 5.98. The van der Waals surface area contributed by atoms with Crippen LogP contribution in [0.15, 0.2) is 51.5 Å². The number of benzene rings is 2. The lowest BCUT2D eigenvalue weighted by molar-refractivity contribution is 0.130. The molecule has 0 spiro atoms. The zero-order chi connectivity index (χ0) is 15.5. The molecule has 0 saturated carbocycles. The molecule has 22 heavy (non-hydrogen) atoms. The van der Waals surface area contributed by atoms with E-state index >= 15 is 0 Å². The van der Waals surface area contributed by atoms with Gasteiger partial charge >= 0.3 is 0 Å². The van der Waals surface area contributed by atoms with Gasteiger partial charge in [-0.2, -0.15) is 0 Å². The lowest BCUT2D eigenvalue weighted by Gasteiger charge is -2.05. The molecule has 0 fully saturated rings. The van der Waals surface area contributed by atoms with Gasteiger partial charge in [-0.25, -0.2) is 0 Å². The van der Waals surface area contributed by atoms with Crippen molar-refractivity contribution in [1.82, 2.24) is 0 Å². The number of hydrogen-bond donors (Lipinski definition) is 1. The first-order chi connectivity index (χ1) is 10.6. The summed E-state index contributed by atoms with van der Waals surface area (Å²) in [6.07, 6.45) is 0. The number of aromatic hydroxyl groups is 1. The molecule has 0 amide bonds. The van der Waals surface area contributed by atoms with Crippen LogP contribution in [0.25, 0.3) is 0 Å². The average Bonchev–Trinajstić information content (AvgIpc) is 2.97. The predicted octanol–water partition coefficient (Wildman–Crippen LogP) is 1.85. The normalized spacial score (nSPS) is 13.3. The fourth-order valence-electron chi connectivity index (χ4n) is 2.24. The summed E-state index contributed by atoms with van der Waals surface area (Å²) < 4.78 is 0. The molecule has 0 atom stereocenters. The minimum atomic E-state index is 0.282. The minimum Gasteiger partial charge on any atom is -0.508 e. The number of fused-ring (bicyclic) bond motifs is 1. The third kappa shape index (κ3) is 2.98. The van der Waals surface area contributed by atoms with E-state index in [1.165, 1.54) is 0 Å². The topological polar surface area (TPSA) is 66.5 Å². The lowest BCUT2D eigenvalue weighted by atomic mass is 10.1. The molecular formula is C17H17N3O2. The molecule has 112 valence electrons. The summed E-state index contributed by atoms with van der Waals surface area (Å²) in [6, 6.07) is 11.3. The third-order valence-corrected chi connectivity index (χ3v) is 3.57. The second kappa shape index (κ2) is 5.97. The van der Waals surface area contributed by atoms with Gasteiger partial charge in [-0.15, -0.1) is 0 Å². The van der Waals surface area contributed by atoms with E-state index in [0.717, 1.165) is 33.1 Å². The second-order valence-electron chi connectivity index (χ2n) is 5.23. The zero-order valence-electron chi connectivity index (χ0n) is 12.6. The zero-order valence-corrected chi connectivity index (χ0v) is 12.6. The Kier molecular flexibility index (Phi) is 3.87. The summed E-state index contributed by atoms with van der Waals surface area (Å²) in [5.41, 5.74) is 3.52. The van der Waals surface area contributed by atoms with Crippen LogP contribution in [0, 0.1) is 6.92 Å². The molecule has 0 saturated heterocycles. The molecule has 1 aliphatic heterocycles.